The highest BCUT2D eigenvalue weighted by Crippen LogP contribution is 2.49. The number of carbonyl (C=O) groups excluding carboxylic acids is 2. The van der Waals surface area contributed by atoms with Crippen molar-refractivity contribution in [2.24, 2.45) is 17.8 Å². The van der Waals surface area contributed by atoms with Crippen LogP contribution in [0.5, 0.6) is 5.75 Å². The van der Waals surface area contributed by atoms with Crippen LogP contribution in [-0.4, -0.2) is 75.0 Å². The van der Waals surface area contributed by atoms with Crippen LogP contribution in [0.15, 0.2) is 65.6 Å². The molecule has 3 aromatic carbocycles. The number of halogens is 4. The van der Waals surface area contributed by atoms with Gasteiger partial charge in [-0.1, -0.05) is 30.3 Å². The number of nitrogens with zero attached hydrogens (tertiary/aromatic N) is 1. The summed E-state index contributed by atoms with van der Waals surface area (Å²) in [6.07, 6.45) is 2.18. The molecule has 0 heterocycles. The molecule has 49 heavy (non-hydrogen) atoms. The molecule has 2 aliphatic carbocycles. The fourth-order valence-electron chi connectivity index (χ4n) is 6.91. The zero-order chi connectivity index (χ0) is 35.8. The van der Waals surface area contributed by atoms with Gasteiger partial charge in [0.1, 0.15) is 17.6 Å². The van der Waals surface area contributed by atoms with Crippen LogP contribution < -0.4 is 15.4 Å². The van der Waals surface area contributed by atoms with Gasteiger partial charge in [-0.05, 0) is 87.0 Å². The first-order valence-electron chi connectivity index (χ1n) is 15.4. The first-order valence-corrected chi connectivity index (χ1v) is 16.9. The van der Waals surface area contributed by atoms with Gasteiger partial charge in [0.05, 0.1) is 23.5 Å². The number of alkyl halides is 3. The third kappa shape index (κ3) is 7.27. The highest BCUT2D eigenvalue weighted by molar-refractivity contribution is 7.92. The fourth-order valence-corrected chi connectivity index (χ4v) is 7.72. The summed E-state index contributed by atoms with van der Waals surface area (Å²) in [4.78, 5) is 39.6. The van der Waals surface area contributed by atoms with E-state index < -0.39 is 61.8 Å². The molecule has 0 radical (unpaired) electrons. The third-order valence-corrected chi connectivity index (χ3v) is 10.8. The predicted octanol–water partition coefficient (Wildman–Crippen LogP) is 5.14. The average molecular weight is 706 g/mol. The molecule has 5 atom stereocenters. The maximum atomic E-state index is 15.4. The second-order valence-corrected chi connectivity index (χ2v) is 14.5. The van der Waals surface area contributed by atoms with Gasteiger partial charge in [0.15, 0.2) is 0 Å². The number of methoxy groups -OCH3 is 1. The highest BCUT2D eigenvalue weighted by atomic mass is 32.2. The molecule has 262 valence electrons. The molecule has 10 nitrogen and oxygen atoms in total. The molecule has 0 aliphatic heterocycles. The molecule has 2 amide bonds. The van der Waals surface area contributed by atoms with Crippen LogP contribution in [0.4, 0.5) is 23.2 Å². The molecule has 0 aromatic heterocycles. The van der Waals surface area contributed by atoms with Crippen LogP contribution >= 0.6 is 0 Å². The van der Waals surface area contributed by atoms with E-state index in [2.05, 4.69) is 10.6 Å². The summed E-state index contributed by atoms with van der Waals surface area (Å²) in [5, 5.41) is 15.0. The van der Waals surface area contributed by atoms with Gasteiger partial charge in [-0.3, -0.25) is 19.3 Å². The standard InChI is InChI=1S/C34H35F4N3O7S/c1-41(2)27(33(44)45)13-18-6-4-7-19(12-18)24-16-25(28(48-3)17-26(24)35)31(42)40-30-21-11-10-20(14-21)29(30)32(43)39-22-8-5-9-23(15-22)49(46,47)34(36,37)38/h4-9,12,15-17,20-21,27,29-30H,10-11,13-14H2,1-3H3,(H,39,43)(H,40,42)(H,44,45). The van der Waals surface area contributed by atoms with E-state index in [1.54, 1.807) is 43.3 Å². The van der Waals surface area contributed by atoms with Crippen LogP contribution in [0.1, 0.15) is 35.2 Å². The largest absolute Gasteiger partial charge is 0.501 e. The van der Waals surface area contributed by atoms with Crippen LogP contribution in [0, 0.1) is 23.6 Å². The highest BCUT2D eigenvalue weighted by Gasteiger charge is 2.52. The monoisotopic (exact) mass is 705 g/mol. The van der Waals surface area contributed by atoms with Gasteiger partial charge in [0.25, 0.3) is 15.7 Å². The van der Waals surface area contributed by atoms with Crippen molar-refractivity contribution in [2.75, 3.05) is 26.5 Å². The molecule has 2 bridgehead atoms. The Hall–Kier alpha value is -4.50. The molecule has 2 aliphatic rings. The normalized spacial score (nSPS) is 21.0. The number of hydrogen-bond acceptors (Lipinski definition) is 7. The molecular weight excluding hydrogens is 670 g/mol. The van der Waals surface area contributed by atoms with Crippen LogP contribution in [0.2, 0.25) is 0 Å². The first kappa shape index (κ1) is 35.8. The minimum absolute atomic E-state index is 0.00648. The summed E-state index contributed by atoms with van der Waals surface area (Å²) in [5.41, 5.74) is -4.56. The molecule has 3 N–H and O–H groups in total. The third-order valence-electron chi connectivity index (χ3n) is 9.34. The number of carboxylic acids is 1. The quantitative estimate of drug-likeness (QED) is 0.233. The maximum absolute atomic E-state index is 15.4. The van der Waals surface area contributed by atoms with Gasteiger partial charge in [0.2, 0.25) is 5.91 Å². The Balaban J connectivity index is 1.39. The minimum Gasteiger partial charge on any atom is -0.496 e. The summed E-state index contributed by atoms with van der Waals surface area (Å²) in [7, 11) is -1.08. The van der Waals surface area contributed by atoms with E-state index in [0.717, 1.165) is 30.7 Å². The summed E-state index contributed by atoms with van der Waals surface area (Å²) in [5.74, 6) is -3.96. The minimum atomic E-state index is -5.64. The van der Waals surface area contributed by atoms with Crippen molar-refractivity contribution < 1.29 is 50.2 Å². The number of nitrogens with one attached hydrogen (secondary N) is 2. The number of carboxylic acid groups (broad SMARTS) is 1. The Kier molecular flexibility index (Phi) is 10.1. The lowest BCUT2D eigenvalue weighted by molar-refractivity contribution is -0.142. The predicted molar refractivity (Wildman–Crippen MR) is 171 cm³/mol. The summed E-state index contributed by atoms with van der Waals surface area (Å²) in [6, 6.07) is 11.5. The Morgan fingerprint density at radius 1 is 1.02 bits per heavy atom. The van der Waals surface area contributed by atoms with Crippen LogP contribution in [0.25, 0.3) is 11.1 Å². The molecule has 0 spiro atoms. The first-order chi connectivity index (χ1) is 23.0. The second kappa shape index (κ2) is 13.8. The molecule has 2 saturated carbocycles. The summed E-state index contributed by atoms with van der Waals surface area (Å²) < 4.78 is 83.9. The number of hydrogen-bond donors (Lipinski definition) is 3. The number of carbonyl (C=O) groups is 3. The number of rotatable bonds is 11. The number of anilines is 1. The van der Waals surface area contributed by atoms with Gasteiger partial charge in [0, 0.05) is 23.4 Å². The Morgan fingerprint density at radius 2 is 1.71 bits per heavy atom. The van der Waals surface area contributed by atoms with E-state index >= 15 is 4.39 Å². The number of aliphatic carboxylic acids is 1. The Labute approximate surface area is 280 Å². The molecule has 15 heteroatoms. The van der Waals surface area contributed by atoms with E-state index in [1.165, 1.54) is 19.2 Å². The smallest absolute Gasteiger partial charge is 0.496 e. The van der Waals surface area contributed by atoms with Gasteiger partial charge in [-0.25, -0.2) is 12.8 Å². The van der Waals surface area contributed by atoms with Crippen molar-refractivity contribution in [2.45, 2.75) is 48.2 Å². The average Bonchev–Trinajstić information content (AvgIpc) is 3.65. The van der Waals surface area contributed by atoms with E-state index in [9.17, 15) is 41.1 Å². The number of ether oxygens (including phenoxy) is 1. The zero-order valence-corrected chi connectivity index (χ0v) is 27.6. The topological polar surface area (TPSA) is 142 Å². The van der Waals surface area contributed by atoms with E-state index in [4.69, 9.17) is 4.74 Å². The van der Waals surface area contributed by atoms with Crippen molar-refractivity contribution in [3.8, 4) is 16.9 Å². The fraction of sp³-hybridized carbons (Fsp3) is 0.382. The Bertz CT molecular complexity index is 1880. The molecule has 0 saturated heterocycles. The van der Waals surface area contributed by atoms with E-state index in [1.807, 2.05) is 0 Å². The number of amides is 2. The van der Waals surface area contributed by atoms with Crippen molar-refractivity contribution in [1.82, 2.24) is 10.2 Å². The number of benzene rings is 3. The lowest BCUT2D eigenvalue weighted by Crippen LogP contribution is -2.48. The molecule has 2 fully saturated rings. The van der Waals surface area contributed by atoms with Crippen molar-refractivity contribution >= 4 is 33.3 Å². The molecule has 5 unspecified atom stereocenters. The van der Waals surface area contributed by atoms with Crippen molar-refractivity contribution in [3.05, 3.63) is 77.6 Å². The Morgan fingerprint density at radius 3 is 2.37 bits per heavy atom. The maximum Gasteiger partial charge on any atom is 0.501 e. The van der Waals surface area contributed by atoms with Crippen LogP contribution in [0.3, 0.4) is 0 Å². The van der Waals surface area contributed by atoms with Gasteiger partial charge in [-0.15, -0.1) is 0 Å². The second-order valence-electron chi connectivity index (χ2n) is 12.6. The number of fused-ring (bicyclic) bond motifs is 2. The van der Waals surface area contributed by atoms with Gasteiger partial charge >= 0.3 is 11.5 Å². The van der Waals surface area contributed by atoms with E-state index in [0.29, 0.717) is 24.0 Å². The molecular formula is C34H35F4N3O7S. The van der Waals surface area contributed by atoms with Crippen LogP contribution in [-0.2, 0) is 25.8 Å². The van der Waals surface area contributed by atoms with Crippen molar-refractivity contribution in [3.63, 3.8) is 0 Å². The lowest BCUT2D eigenvalue weighted by atomic mass is 9.83. The number of likely N-dealkylation sites (N-methyl/N-ethyl adjacent to an activating group) is 1. The van der Waals surface area contributed by atoms with Gasteiger partial charge in [-0.2, -0.15) is 13.2 Å². The molecule has 3 aromatic rings. The molecule has 5 rings (SSSR count). The van der Waals surface area contributed by atoms with Gasteiger partial charge < -0.3 is 20.5 Å². The van der Waals surface area contributed by atoms with Crippen molar-refractivity contribution in [1.29, 1.82) is 0 Å². The summed E-state index contributed by atoms with van der Waals surface area (Å²) in [6.45, 7) is 0. The number of sulfone groups is 1. The summed E-state index contributed by atoms with van der Waals surface area (Å²) >= 11 is 0. The lowest BCUT2D eigenvalue weighted by Gasteiger charge is -2.31. The van der Waals surface area contributed by atoms with E-state index in [-0.39, 0.29) is 40.8 Å². The zero-order valence-electron chi connectivity index (χ0n) is 26.8. The SMILES string of the molecule is COc1cc(F)c(-c2cccc(CC(C(=O)O)N(C)C)c2)cc1C(=O)NC1C2CCC(C2)C1C(=O)Nc1cccc(S(=O)(=O)C(F)(F)F)c1.